The van der Waals surface area contributed by atoms with Gasteiger partial charge in [-0.25, -0.2) is 4.79 Å². The molecule has 7 atom stereocenters. The summed E-state index contributed by atoms with van der Waals surface area (Å²) in [7, 11) is 0. The Labute approximate surface area is 328 Å². The van der Waals surface area contributed by atoms with Crippen LogP contribution in [0.4, 0.5) is 0 Å². The Morgan fingerprint density at radius 3 is 1.54 bits per heavy atom. The molecule has 22 nitrogen and oxygen atoms in total. The van der Waals surface area contributed by atoms with Crippen molar-refractivity contribution in [1.82, 2.24) is 31.9 Å². The van der Waals surface area contributed by atoms with Crippen LogP contribution in [0, 0.1) is 0 Å². The summed E-state index contributed by atoms with van der Waals surface area (Å²) < 4.78 is 0. The second-order valence-electron chi connectivity index (χ2n) is 13.2. The van der Waals surface area contributed by atoms with E-state index in [-0.39, 0.29) is 19.4 Å². The van der Waals surface area contributed by atoms with Crippen LogP contribution in [0.25, 0.3) is 0 Å². The number of unbranched alkanes of at least 4 members (excludes halogenated alkanes) is 1. The van der Waals surface area contributed by atoms with Crippen molar-refractivity contribution >= 4 is 59.2 Å². The fourth-order valence-electron chi connectivity index (χ4n) is 5.11. The van der Waals surface area contributed by atoms with Gasteiger partial charge in [0.2, 0.25) is 47.3 Å². The molecule has 0 aliphatic carbocycles. The van der Waals surface area contributed by atoms with E-state index in [1.165, 1.54) is 13.8 Å². The van der Waals surface area contributed by atoms with Crippen LogP contribution in [0.2, 0.25) is 0 Å². The summed E-state index contributed by atoms with van der Waals surface area (Å²) in [5.41, 5.74) is 22.3. The van der Waals surface area contributed by atoms with Gasteiger partial charge in [0, 0.05) is 19.3 Å². The van der Waals surface area contributed by atoms with Crippen molar-refractivity contribution < 1.29 is 58.2 Å². The Morgan fingerprint density at radius 1 is 0.579 bits per heavy atom. The van der Waals surface area contributed by atoms with Crippen molar-refractivity contribution in [3.8, 4) is 0 Å². The second kappa shape index (κ2) is 25.1. The zero-order valence-corrected chi connectivity index (χ0v) is 31.8. The summed E-state index contributed by atoms with van der Waals surface area (Å²) in [6.45, 7) is 2.89. The lowest BCUT2D eigenvalue weighted by Crippen LogP contribution is -2.60. The molecule has 0 fully saturated rings. The topological polar surface area (TPSA) is 387 Å². The van der Waals surface area contributed by atoms with Gasteiger partial charge in [0.15, 0.2) is 0 Å². The van der Waals surface area contributed by atoms with Crippen LogP contribution >= 0.6 is 0 Å². The molecule has 1 aromatic carbocycles. The van der Waals surface area contributed by atoms with Gasteiger partial charge in [-0.05, 0) is 58.1 Å². The predicted octanol–water partition coefficient (Wildman–Crippen LogP) is -4.28. The molecule has 0 unspecified atom stereocenters. The Balaban J connectivity index is 3.24. The molecule has 0 saturated carbocycles. The van der Waals surface area contributed by atoms with Crippen molar-refractivity contribution in [3.05, 3.63) is 35.9 Å². The van der Waals surface area contributed by atoms with Gasteiger partial charge in [-0.15, -0.1) is 0 Å². The first-order chi connectivity index (χ1) is 26.7. The molecule has 22 heteroatoms. The van der Waals surface area contributed by atoms with Gasteiger partial charge < -0.3 is 65.0 Å². The number of benzene rings is 1. The maximum Gasteiger partial charge on any atom is 0.326 e. The predicted molar refractivity (Wildman–Crippen MR) is 201 cm³/mol. The summed E-state index contributed by atoms with van der Waals surface area (Å²) in [4.78, 5) is 126. The van der Waals surface area contributed by atoms with E-state index in [0.29, 0.717) is 18.4 Å². The number of hydrogen-bond acceptors (Lipinski definition) is 12. The van der Waals surface area contributed by atoms with Gasteiger partial charge in [0.25, 0.3) is 0 Å². The summed E-state index contributed by atoms with van der Waals surface area (Å²) in [6, 6.07) is -1.65. The number of amides is 8. The van der Waals surface area contributed by atoms with E-state index in [0.717, 1.165) is 0 Å². The molecule has 0 aromatic heterocycles. The molecule has 0 aliphatic rings. The van der Waals surface area contributed by atoms with E-state index in [1.54, 1.807) is 30.3 Å². The van der Waals surface area contributed by atoms with Crippen molar-refractivity contribution in [2.75, 3.05) is 6.54 Å². The van der Waals surface area contributed by atoms with E-state index >= 15 is 0 Å². The highest BCUT2D eigenvalue weighted by Gasteiger charge is 2.34. The average Bonchev–Trinajstić information content (AvgIpc) is 3.13. The summed E-state index contributed by atoms with van der Waals surface area (Å²) in [5.74, 6) is -10.5. The Kier molecular flexibility index (Phi) is 21.5. The van der Waals surface area contributed by atoms with Crippen LogP contribution in [0.1, 0.15) is 70.8 Å². The van der Waals surface area contributed by atoms with E-state index in [1.807, 2.05) is 0 Å². The molecule has 16 N–H and O–H groups in total. The standard InChI is InChI=1S/C35H54N10O12/c1-18(37)29(50)41-21(10-6-7-15-36)32(53)42-22(11-13-26(38)46)33(54)44-24(17-27(39)47)34(55)43-23(12-14-28(48)49)31(52)40-19(2)30(51)45-25(35(56)57)16-20-8-4-3-5-9-20/h3-5,8-9,18-19,21-25H,6-7,10-17,36-37H2,1-2H3,(H2,38,46)(H2,39,47)(H,40,52)(H,41,50)(H,42,53)(H,43,55)(H,44,54)(H,45,51)(H,48,49)(H,56,57)/t18-,19-,21-,22-,23-,24-,25-/m0/s1. The lowest BCUT2D eigenvalue weighted by molar-refractivity contribution is -0.142. The Morgan fingerprint density at radius 2 is 1.05 bits per heavy atom. The van der Waals surface area contributed by atoms with Gasteiger partial charge in [-0.3, -0.25) is 43.2 Å². The number of nitrogens with two attached hydrogens (primary N) is 4. The second-order valence-corrected chi connectivity index (χ2v) is 13.2. The molecular weight excluding hydrogens is 752 g/mol. The third kappa shape index (κ3) is 19.3. The first-order valence-corrected chi connectivity index (χ1v) is 18.1. The van der Waals surface area contributed by atoms with Gasteiger partial charge >= 0.3 is 11.9 Å². The number of carboxylic acids is 2. The molecule has 0 radical (unpaired) electrons. The van der Waals surface area contributed by atoms with Crippen molar-refractivity contribution in [2.24, 2.45) is 22.9 Å². The van der Waals surface area contributed by atoms with Gasteiger partial charge in [0.1, 0.15) is 36.3 Å². The minimum atomic E-state index is -1.82. The maximum atomic E-state index is 13.5. The van der Waals surface area contributed by atoms with Gasteiger partial charge in [-0.2, -0.15) is 0 Å². The zero-order valence-electron chi connectivity index (χ0n) is 31.8. The number of carbonyl (C=O) groups is 10. The molecule has 0 bridgehead atoms. The highest BCUT2D eigenvalue weighted by atomic mass is 16.4. The number of hydrogen-bond donors (Lipinski definition) is 12. The Hall–Kier alpha value is -6.16. The molecule has 0 aliphatic heterocycles. The van der Waals surface area contributed by atoms with Crippen LogP contribution in [-0.4, -0.2) is 118 Å². The lowest BCUT2D eigenvalue weighted by Gasteiger charge is -2.26. The molecule has 0 spiro atoms. The number of nitrogens with one attached hydrogen (secondary N) is 6. The molecule has 1 aromatic rings. The lowest BCUT2D eigenvalue weighted by atomic mass is 10.0. The third-order valence-corrected chi connectivity index (χ3v) is 8.27. The van der Waals surface area contributed by atoms with E-state index < -0.39 is 134 Å². The van der Waals surface area contributed by atoms with Crippen molar-refractivity contribution in [1.29, 1.82) is 0 Å². The maximum absolute atomic E-state index is 13.5. The highest BCUT2D eigenvalue weighted by molar-refractivity contribution is 5.98. The normalized spacial score (nSPS) is 14.5. The number of carbonyl (C=O) groups excluding carboxylic acids is 8. The number of primary amides is 2. The molecule has 0 heterocycles. The van der Waals surface area contributed by atoms with Crippen molar-refractivity contribution in [3.63, 3.8) is 0 Å². The molecule has 0 saturated heterocycles. The van der Waals surface area contributed by atoms with Crippen LogP contribution in [0.5, 0.6) is 0 Å². The minimum Gasteiger partial charge on any atom is -0.481 e. The fraction of sp³-hybridized carbons (Fsp3) is 0.543. The van der Waals surface area contributed by atoms with E-state index in [4.69, 9.17) is 22.9 Å². The van der Waals surface area contributed by atoms with Crippen LogP contribution in [0.3, 0.4) is 0 Å². The molecule has 57 heavy (non-hydrogen) atoms. The van der Waals surface area contributed by atoms with Crippen molar-refractivity contribution in [2.45, 2.75) is 114 Å². The SMILES string of the molecule is C[C@H](N)C(=O)N[C@@H](CCCCN)C(=O)N[C@@H](CCC(N)=O)C(=O)N[C@@H](CC(N)=O)C(=O)N[C@@H](CCC(=O)O)C(=O)N[C@@H](C)C(=O)N[C@@H](Cc1ccccc1)C(=O)O. The van der Waals surface area contributed by atoms with Gasteiger partial charge in [0.05, 0.1) is 12.5 Å². The van der Waals surface area contributed by atoms with Crippen LogP contribution < -0.4 is 54.8 Å². The molecular formula is C35H54N10O12. The molecule has 316 valence electrons. The van der Waals surface area contributed by atoms with Gasteiger partial charge in [-0.1, -0.05) is 30.3 Å². The largest absolute Gasteiger partial charge is 0.481 e. The quantitative estimate of drug-likeness (QED) is 0.0375. The number of rotatable bonds is 27. The Bertz CT molecular complexity index is 1590. The first-order valence-electron chi connectivity index (χ1n) is 18.1. The average molecular weight is 807 g/mol. The van der Waals surface area contributed by atoms with E-state index in [2.05, 4.69) is 31.9 Å². The molecule has 8 amide bonds. The monoisotopic (exact) mass is 806 g/mol. The van der Waals surface area contributed by atoms with Crippen LogP contribution in [0.15, 0.2) is 30.3 Å². The fourth-order valence-corrected chi connectivity index (χ4v) is 5.11. The molecule has 1 rings (SSSR count). The van der Waals surface area contributed by atoms with E-state index in [9.17, 15) is 58.2 Å². The minimum absolute atomic E-state index is 0.0839. The first kappa shape index (κ1) is 48.9. The highest BCUT2D eigenvalue weighted by Crippen LogP contribution is 2.08. The smallest absolute Gasteiger partial charge is 0.326 e. The summed E-state index contributed by atoms with van der Waals surface area (Å²) >= 11 is 0. The third-order valence-electron chi connectivity index (χ3n) is 8.27. The number of aliphatic carboxylic acids is 2. The summed E-state index contributed by atoms with van der Waals surface area (Å²) in [5, 5.41) is 32.9. The zero-order chi connectivity index (χ0) is 43.2. The number of carboxylic acid groups (broad SMARTS) is 2. The summed E-state index contributed by atoms with van der Waals surface area (Å²) in [6.07, 6.45) is -2.01. The van der Waals surface area contributed by atoms with Crippen LogP contribution in [-0.2, 0) is 54.4 Å².